The van der Waals surface area contributed by atoms with Crippen LogP contribution in [0.1, 0.15) is 32.3 Å². The van der Waals surface area contributed by atoms with E-state index < -0.39 is 6.04 Å². The van der Waals surface area contributed by atoms with Crippen molar-refractivity contribution in [2.24, 2.45) is 0 Å². The Labute approximate surface area is 148 Å². The van der Waals surface area contributed by atoms with Crippen LogP contribution in [0.15, 0.2) is 30.3 Å². The smallest absolute Gasteiger partial charge is 0.244 e. The lowest BCUT2D eigenvalue weighted by atomic mass is 10.1. The molecule has 2 N–H and O–H groups in total. The van der Waals surface area contributed by atoms with Gasteiger partial charge in [-0.2, -0.15) is 0 Å². The Bertz CT molecular complexity index is 606. The molecular weight excluding hydrogens is 320 g/mol. The van der Waals surface area contributed by atoms with Gasteiger partial charge in [-0.05, 0) is 50.5 Å². The van der Waals surface area contributed by atoms with E-state index in [0.29, 0.717) is 0 Å². The number of carbonyl (C=O) groups is 2. The first-order valence-corrected chi connectivity index (χ1v) is 8.54. The van der Waals surface area contributed by atoms with E-state index in [0.717, 1.165) is 30.8 Å². The van der Waals surface area contributed by atoms with Crippen molar-refractivity contribution in [3.8, 4) is 5.75 Å². The van der Waals surface area contributed by atoms with Crippen LogP contribution in [-0.2, 0) is 14.3 Å². The van der Waals surface area contributed by atoms with Crippen LogP contribution in [0.25, 0.3) is 6.08 Å². The van der Waals surface area contributed by atoms with Gasteiger partial charge in [0, 0.05) is 12.7 Å². The van der Waals surface area contributed by atoms with Crippen LogP contribution in [0.5, 0.6) is 5.75 Å². The molecule has 2 amide bonds. The minimum absolute atomic E-state index is 0.0572. The minimum atomic E-state index is -0.614. The second-order valence-electron chi connectivity index (χ2n) is 6.19. The average molecular weight is 346 g/mol. The SMILES string of the molecule is COc1ccc(/C=C/C(=O)NC(C)C(=O)NC(C)C2CCCO2)cc1. The molecule has 25 heavy (non-hydrogen) atoms. The Hall–Kier alpha value is -2.34. The summed E-state index contributed by atoms with van der Waals surface area (Å²) in [6.07, 6.45) is 5.13. The van der Waals surface area contributed by atoms with E-state index in [1.165, 1.54) is 6.08 Å². The molecule has 0 bridgehead atoms. The second-order valence-corrected chi connectivity index (χ2v) is 6.19. The molecule has 3 atom stereocenters. The maximum absolute atomic E-state index is 12.2. The van der Waals surface area contributed by atoms with E-state index >= 15 is 0 Å². The third kappa shape index (κ3) is 5.90. The molecule has 0 saturated carbocycles. The van der Waals surface area contributed by atoms with E-state index in [1.54, 1.807) is 20.1 Å². The molecule has 1 aromatic rings. The molecule has 0 spiro atoms. The fraction of sp³-hybridized carbons (Fsp3) is 0.474. The topological polar surface area (TPSA) is 76.7 Å². The number of hydrogen-bond donors (Lipinski definition) is 2. The molecule has 2 rings (SSSR count). The molecule has 1 aliphatic rings. The second kappa shape index (κ2) is 9.22. The van der Waals surface area contributed by atoms with Crippen LogP contribution < -0.4 is 15.4 Å². The van der Waals surface area contributed by atoms with E-state index in [-0.39, 0.29) is 24.0 Å². The number of rotatable bonds is 7. The highest BCUT2D eigenvalue weighted by Crippen LogP contribution is 2.15. The molecule has 1 aromatic carbocycles. The van der Waals surface area contributed by atoms with Crippen molar-refractivity contribution in [1.29, 1.82) is 0 Å². The first-order chi connectivity index (χ1) is 12.0. The number of amides is 2. The first kappa shape index (κ1) is 19.0. The van der Waals surface area contributed by atoms with Crippen molar-refractivity contribution in [1.82, 2.24) is 10.6 Å². The standard InChI is InChI=1S/C19H26N2O4/c1-13(17-5-4-12-25-17)21-19(23)14(2)20-18(22)11-8-15-6-9-16(24-3)10-7-15/h6-11,13-14,17H,4-5,12H2,1-3H3,(H,20,22)(H,21,23)/b11-8+. The normalized spacial score (nSPS) is 19.4. The molecule has 1 saturated heterocycles. The number of nitrogens with one attached hydrogen (secondary N) is 2. The molecule has 136 valence electrons. The van der Waals surface area contributed by atoms with E-state index in [9.17, 15) is 9.59 Å². The molecule has 0 aliphatic carbocycles. The molecule has 6 nitrogen and oxygen atoms in total. The van der Waals surface area contributed by atoms with Gasteiger partial charge in [0.1, 0.15) is 11.8 Å². The van der Waals surface area contributed by atoms with Crippen molar-refractivity contribution in [2.75, 3.05) is 13.7 Å². The summed E-state index contributed by atoms with van der Waals surface area (Å²) in [7, 11) is 1.60. The van der Waals surface area contributed by atoms with Crippen LogP contribution in [0.2, 0.25) is 0 Å². The maximum Gasteiger partial charge on any atom is 0.244 e. The molecule has 0 aromatic heterocycles. The monoisotopic (exact) mass is 346 g/mol. The Morgan fingerprint density at radius 1 is 1.24 bits per heavy atom. The number of ether oxygens (including phenoxy) is 2. The Balaban J connectivity index is 1.79. The summed E-state index contributed by atoms with van der Waals surface area (Å²) in [5.74, 6) is 0.227. The fourth-order valence-corrected chi connectivity index (χ4v) is 2.65. The molecular formula is C19H26N2O4. The van der Waals surface area contributed by atoms with Crippen LogP contribution >= 0.6 is 0 Å². The lowest BCUT2D eigenvalue weighted by Crippen LogP contribution is -2.50. The predicted molar refractivity (Wildman–Crippen MR) is 96.2 cm³/mol. The Morgan fingerprint density at radius 2 is 1.96 bits per heavy atom. The third-order valence-electron chi connectivity index (χ3n) is 4.19. The van der Waals surface area contributed by atoms with Gasteiger partial charge in [-0.25, -0.2) is 0 Å². The van der Waals surface area contributed by atoms with Crippen LogP contribution in [-0.4, -0.2) is 43.7 Å². The molecule has 1 heterocycles. The zero-order valence-electron chi connectivity index (χ0n) is 15.0. The lowest BCUT2D eigenvalue weighted by molar-refractivity contribution is -0.127. The van der Waals surface area contributed by atoms with E-state index in [1.807, 2.05) is 31.2 Å². The zero-order chi connectivity index (χ0) is 18.2. The highest BCUT2D eigenvalue weighted by molar-refractivity contribution is 5.95. The lowest BCUT2D eigenvalue weighted by Gasteiger charge is -2.22. The first-order valence-electron chi connectivity index (χ1n) is 8.54. The Kier molecular flexibility index (Phi) is 7.01. The van der Waals surface area contributed by atoms with Crippen molar-refractivity contribution in [2.45, 2.75) is 44.9 Å². The van der Waals surface area contributed by atoms with Crippen molar-refractivity contribution >= 4 is 17.9 Å². The Morgan fingerprint density at radius 3 is 2.56 bits per heavy atom. The summed E-state index contributed by atoms with van der Waals surface area (Å²) >= 11 is 0. The molecule has 3 unspecified atom stereocenters. The summed E-state index contributed by atoms with van der Waals surface area (Å²) in [5, 5.41) is 5.56. The summed E-state index contributed by atoms with van der Waals surface area (Å²) in [6, 6.07) is 6.66. The van der Waals surface area contributed by atoms with Gasteiger partial charge in [0.25, 0.3) is 0 Å². The van der Waals surface area contributed by atoms with Crippen LogP contribution in [0.4, 0.5) is 0 Å². The van der Waals surface area contributed by atoms with Gasteiger partial charge in [-0.3, -0.25) is 9.59 Å². The molecule has 6 heteroatoms. The third-order valence-corrected chi connectivity index (χ3v) is 4.19. The highest BCUT2D eigenvalue weighted by atomic mass is 16.5. The van der Waals surface area contributed by atoms with Crippen molar-refractivity contribution in [3.63, 3.8) is 0 Å². The quantitative estimate of drug-likeness (QED) is 0.739. The number of methoxy groups -OCH3 is 1. The molecule has 0 radical (unpaired) electrons. The number of carbonyl (C=O) groups excluding carboxylic acids is 2. The van der Waals surface area contributed by atoms with E-state index in [2.05, 4.69) is 10.6 Å². The van der Waals surface area contributed by atoms with Gasteiger partial charge in [0.15, 0.2) is 0 Å². The van der Waals surface area contributed by atoms with Gasteiger partial charge in [0.05, 0.1) is 19.3 Å². The number of benzene rings is 1. The van der Waals surface area contributed by atoms with Gasteiger partial charge in [0.2, 0.25) is 11.8 Å². The maximum atomic E-state index is 12.2. The highest BCUT2D eigenvalue weighted by Gasteiger charge is 2.25. The molecule has 1 fully saturated rings. The number of hydrogen-bond acceptors (Lipinski definition) is 4. The summed E-state index contributed by atoms with van der Waals surface area (Å²) in [6.45, 7) is 4.33. The minimum Gasteiger partial charge on any atom is -0.497 e. The largest absolute Gasteiger partial charge is 0.497 e. The summed E-state index contributed by atoms with van der Waals surface area (Å²) in [4.78, 5) is 24.1. The van der Waals surface area contributed by atoms with E-state index in [4.69, 9.17) is 9.47 Å². The van der Waals surface area contributed by atoms with Gasteiger partial charge in [-0.1, -0.05) is 12.1 Å². The predicted octanol–water partition coefficient (Wildman–Crippen LogP) is 1.90. The summed E-state index contributed by atoms with van der Waals surface area (Å²) in [5.41, 5.74) is 0.875. The van der Waals surface area contributed by atoms with Gasteiger partial charge in [-0.15, -0.1) is 0 Å². The average Bonchev–Trinajstić information content (AvgIpc) is 3.15. The van der Waals surface area contributed by atoms with Gasteiger partial charge < -0.3 is 20.1 Å². The molecule has 1 aliphatic heterocycles. The van der Waals surface area contributed by atoms with Gasteiger partial charge >= 0.3 is 0 Å². The van der Waals surface area contributed by atoms with Crippen molar-refractivity contribution in [3.05, 3.63) is 35.9 Å². The summed E-state index contributed by atoms with van der Waals surface area (Å²) < 4.78 is 10.6. The van der Waals surface area contributed by atoms with Crippen molar-refractivity contribution < 1.29 is 19.1 Å². The fourth-order valence-electron chi connectivity index (χ4n) is 2.65. The zero-order valence-corrected chi connectivity index (χ0v) is 15.0. The van der Waals surface area contributed by atoms with Crippen LogP contribution in [0, 0.1) is 0 Å². The van der Waals surface area contributed by atoms with Crippen LogP contribution in [0.3, 0.4) is 0 Å².